The molecule has 3 aromatic carbocycles. The van der Waals surface area contributed by atoms with E-state index in [1.54, 1.807) is 6.07 Å². The Morgan fingerprint density at radius 2 is 1.26 bits per heavy atom. The molecule has 4 aliphatic rings. The monoisotopic (exact) mass is 883 g/mol. The molecule has 3 aromatic rings. The first-order valence-corrected chi connectivity index (χ1v) is 24.7. The van der Waals surface area contributed by atoms with E-state index >= 15 is 0 Å². The third-order valence-electron chi connectivity index (χ3n) is 13.3. The largest absolute Gasteiger partial charge is 0.371 e. The minimum atomic E-state index is -0.778. The standard InChI is InChI=1S/C42H50Cl2N2O2.C9H16O.C4H10/c1-6-12-30-31-17-11-21-46-19-9-15-28(41(31)46)23-34(30)42(5,33-22-27-14-8-18-45-20-10-16-29(25(33)3)40(27)45)38-35(43)24-32(26(4)47)39(44)37(38)36(48)13-7-2;1-7(2)5-6-9(10)8(3)4;1-4(2)3/h22-24H,6-21H2,1-5H3;8H,1,5-6H2,2-4H3;4H,1-3H3. The third kappa shape index (κ3) is 10.4. The summed E-state index contributed by atoms with van der Waals surface area (Å²) in [7, 11) is 0. The highest BCUT2D eigenvalue weighted by Crippen LogP contribution is 2.54. The van der Waals surface area contributed by atoms with Gasteiger partial charge < -0.3 is 9.80 Å². The molecular formula is C55H76Cl2N2O3. The summed E-state index contributed by atoms with van der Waals surface area (Å²) in [4.78, 5) is 43.5. The maximum atomic E-state index is 14.4. The number of carbonyl (C=O) groups excluding carboxylic acids is 3. The molecule has 0 amide bonds. The first-order valence-electron chi connectivity index (χ1n) is 24.0. The van der Waals surface area contributed by atoms with Crippen molar-refractivity contribution in [1.29, 1.82) is 0 Å². The van der Waals surface area contributed by atoms with Crippen LogP contribution >= 0.6 is 23.2 Å². The van der Waals surface area contributed by atoms with E-state index in [0.717, 1.165) is 114 Å². The van der Waals surface area contributed by atoms with Crippen molar-refractivity contribution in [3.05, 3.63) is 102 Å². The summed E-state index contributed by atoms with van der Waals surface area (Å²) in [6.45, 7) is 31.0. The first kappa shape index (κ1) is 49.6. The molecule has 5 nitrogen and oxygen atoms in total. The number of rotatable bonds is 13. The number of aryl methyl sites for hydroxylation is 2. The van der Waals surface area contributed by atoms with Gasteiger partial charge in [-0.3, -0.25) is 14.4 Å². The lowest BCUT2D eigenvalue weighted by Crippen LogP contribution is -2.38. The summed E-state index contributed by atoms with van der Waals surface area (Å²) < 4.78 is 0. The maximum absolute atomic E-state index is 14.4. The SMILES string of the molecule is C=C(C)CCC(=O)C(C)C.CC(C)C.CCCC(=O)c1c(Cl)c(C(C)=O)cc(Cl)c1C(C)(c1cc2c3c(c1C)CCCN3CCC2)c1cc2c3c(c1CCC)CCCN3CCC2. The summed E-state index contributed by atoms with van der Waals surface area (Å²) in [5.74, 6) is 1.13. The Morgan fingerprint density at radius 1 is 0.742 bits per heavy atom. The molecule has 4 heterocycles. The van der Waals surface area contributed by atoms with Crippen molar-refractivity contribution in [2.24, 2.45) is 11.8 Å². The molecule has 0 bridgehead atoms. The Balaban J connectivity index is 0.000000449. The van der Waals surface area contributed by atoms with Gasteiger partial charge in [0.15, 0.2) is 11.6 Å². The van der Waals surface area contributed by atoms with Crippen molar-refractivity contribution in [2.75, 3.05) is 36.0 Å². The van der Waals surface area contributed by atoms with Crippen LogP contribution in [0.25, 0.3) is 0 Å². The molecule has 0 aromatic heterocycles. The van der Waals surface area contributed by atoms with E-state index in [1.165, 1.54) is 62.8 Å². The molecule has 338 valence electrons. The van der Waals surface area contributed by atoms with Crippen LogP contribution < -0.4 is 9.80 Å². The topological polar surface area (TPSA) is 57.7 Å². The van der Waals surface area contributed by atoms with E-state index in [4.69, 9.17) is 23.2 Å². The predicted octanol–water partition coefficient (Wildman–Crippen LogP) is 14.4. The third-order valence-corrected chi connectivity index (χ3v) is 14.0. The van der Waals surface area contributed by atoms with Crippen molar-refractivity contribution < 1.29 is 14.4 Å². The quantitative estimate of drug-likeness (QED) is 0.0972. The summed E-state index contributed by atoms with van der Waals surface area (Å²) >= 11 is 14.7. The molecule has 0 fully saturated rings. The van der Waals surface area contributed by atoms with Crippen LogP contribution in [0.1, 0.15) is 198 Å². The number of benzene rings is 3. The highest BCUT2D eigenvalue weighted by molar-refractivity contribution is 6.39. The molecule has 1 unspecified atom stereocenters. The van der Waals surface area contributed by atoms with E-state index < -0.39 is 5.41 Å². The smallest absolute Gasteiger partial charge is 0.164 e. The van der Waals surface area contributed by atoms with Crippen LogP contribution in [-0.4, -0.2) is 43.5 Å². The molecule has 0 aliphatic carbocycles. The molecule has 0 spiro atoms. The van der Waals surface area contributed by atoms with Gasteiger partial charge in [-0.25, -0.2) is 0 Å². The number of anilines is 2. The Kier molecular flexibility index (Phi) is 17.2. The van der Waals surface area contributed by atoms with E-state index in [9.17, 15) is 14.4 Å². The van der Waals surface area contributed by atoms with Crippen LogP contribution in [0.2, 0.25) is 10.0 Å². The highest BCUT2D eigenvalue weighted by Gasteiger charge is 2.44. The van der Waals surface area contributed by atoms with Gasteiger partial charge in [0, 0.05) is 77.9 Å². The minimum absolute atomic E-state index is 0.0423. The molecular weight excluding hydrogens is 808 g/mol. The van der Waals surface area contributed by atoms with Gasteiger partial charge in [-0.2, -0.15) is 0 Å². The number of Topliss-reactive ketones (excluding diaryl/α,β-unsaturated/α-hetero) is 3. The summed E-state index contributed by atoms with van der Waals surface area (Å²) in [6.07, 6.45) is 13.3. The predicted molar refractivity (Wildman–Crippen MR) is 265 cm³/mol. The highest BCUT2D eigenvalue weighted by atomic mass is 35.5. The Labute approximate surface area is 385 Å². The lowest BCUT2D eigenvalue weighted by molar-refractivity contribution is -0.121. The molecule has 0 saturated heterocycles. The van der Waals surface area contributed by atoms with E-state index in [0.29, 0.717) is 41.2 Å². The number of allylic oxidation sites excluding steroid dienone is 1. The Bertz CT molecular complexity index is 2160. The average molecular weight is 884 g/mol. The zero-order valence-corrected chi connectivity index (χ0v) is 41.7. The fourth-order valence-corrected chi connectivity index (χ4v) is 11.2. The summed E-state index contributed by atoms with van der Waals surface area (Å²) in [5.41, 5.74) is 15.7. The van der Waals surface area contributed by atoms with Crippen LogP contribution in [0.4, 0.5) is 11.4 Å². The van der Waals surface area contributed by atoms with Crippen molar-refractivity contribution in [3.63, 3.8) is 0 Å². The fraction of sp³-hybridized carbons (Fsp3) is 0.582. The van der Waals surface area contributed by atoms with Gasteiger partial charge in [0.1, 0.15) is 5.78 Å². The number of hydrogen-bond acceptors (Lipinski definition) is 5. The van der Waals surface area contributed by atoms with Gasteiger partial charge >= 0.3 is 0 Å². The Morgan fingerprint density at radius 3 is 1.76 bits per heavy atom. The normalized spacial score (nSPS) is 16.0. The molecule has 1 atom stereocenters. The molecule has 0 saturated carbocycles. The molecule has 7 heteroatoms. The van der Waals surface area contributed by atoms with E-state index in [1.807, 2.05) is 27.7 Å². The first-order chi connectivity index (χ1) is 29.4. The van der Waals surface area contributed by atoms with Crippen LogP contribution in [-0.2, 0) is 42.3 Å². The molecule has 62 heavy (non-hydrogen) atoms. The van der Waals surface area contributed by atoms with E-state index in [-0.39, 0.29) is 22.5 Å². The molecule has 7 rings (SSSR count). The van der Waals surface area contributed by atoms with Gasteiger partial charge in [-0.05, 0) is 160 Å². The Hall–Kier alpha value is -3.41. The lowest BCUT2D eigenvalue weighted by atomic mass is 9.63. The van der Waals surface area contributed by atoms with Crippen LogP contribution in [0.3, 0.4) is 0 Å². The second-order valence-corrected chi connectivity index (χ2v) is 20.5. The zero-order chi connectivity index (χ0) is 45.6. The van der Waals surface area contributed by atoms with Crippen molar-refractivity contribution in [2.45, 2.75) is 171 Å². The maximum Gasteiger partial charge on any atom is 0.164 e. The van der Waals surface area contributed by atoms with Gasteiger partial charge in [0.05, 0.1) is 5.02 Å². The van der Waals surface area contributed by atoms with Gasteiger partial charge in [0.2, 0.25) is 0 Å². The number of nitrogens with zero attached hydrogens (tertiary/aromatic N) is 2. The lowest BCUT2D eigenvalue weighted by Gasteiger charge is -2.44. The number of hydrogen-bond donors (Lipinski definition) is 0. The summed E-state index contributed by atoms with van der Waals surface area (Å²) in [6, 6.07) is 6.71. The molecule has 0 radical (unpaired) electrons. The number of halogens is 2. The van der Waals surface area contributed by atoms with Crippen LogP contribution in [0.5, 0.6) is 0 Å². The van der Waals surface area contributed by atoms with Gasteiger partial charge in [-0.1, -0.05) is 95.8 Å². The van der Waals surface area contributed by atoms with Gasteiger partial charge in [0.25, 0.3) is 0 Å². The van der Waals surface area contributed by atoms with Crippen molar-refractivity contribution >= 4 is 51.9 Å². The zero-order valence-electron chi connectivity index (χ0n) is 40.2. The average Bonchev–Trinajstić information content (AvgIpc) is 3.22. The van der Waals surface area contributed by atoms with Gasteiger partial charge in [-0.15, -0.1) is 6.58 Å². The number of carbonyl (C=O) groups is 3. The van der Waals surface area contributed by atoms with Crippen LogP contribution in [0, 0.1) is 18.8 Å². The summed E-state index contributed by atoms with van der Waals surface area (Å²) in [5, 5.41) is 0.701. The van der Waals surface area contributed by atoms with E-state index in [2.05, 4.69) is 70.1 Å². The van der Waals surface area contributed by atoms with Crippen molar-refractivity contribution in [3.8, 4) is 0 Å². The van der Waals surface area contributed by atoms with Crippen LogP contribution in [0.15, 0.2) is 30.4 Å². The minimum Gasteiger partial charge on any atom is -0.371 e. The second kappa shape index (κ2) is 21.5. The molecule has 0 N–H and O–H groups in total. The second-order valence-electron chi connectivity index (χ2n) is 19.7. The van der Waals surface area contributed by atoms with Crippen molar-refractivity contribution in [1.82, 2.24) is 0 Å². The molecule has 4 aliphatic heterocycles. The fourth-order valence-electron chi connectivity index (χ4n) is 10.5. The number of ketones is 3.